The minimum absolute atomic E-state index is 0.0581. The number of amides is 2. The van der Waals surface area contributed by atoms with Gasteiger partial charge < -0.3 is 9.80 Å². The van der Waals surface area contributed by atoms with Gasteiger partial charge in [0.15, 0.2) is 5.78 Å². The standard InChI is InChI=1S/C20H18N2O3/c23-18(14-7-2-1-3-8-14)13-22-16-10-5-4-9-15(16)19(24)21-12-6-11-17(21)20(22)25/h1-5,7-10,17H,6,11-13H2/t17-/m1/s1. The second kappa shape index (κ2) is 6.16. The number of carbonyl (C=O) groups excluding carboxylic acids is 3. The van der Waals surface area contributed by atoms with Gasteiger partial charge >= 0.3 is 0 Å². The molecule has 0 aromatic heterocycles. The number of Topliss-reactive ketones (excluding diaryl/α,β-unsaturated/α-hetero) is 1. The zero-order valence-corrected chi connectivity index (χ0v) is 13.7. The van der Waals surface area contributed by atoms with Gasteiger partial charge in [0, 0.05) is 12.1 Å². The van der Waals surface area contributed by atoms with Crippen LogP contribution in [0, 0.1) is 0 Å². The quantitative estimate of drug-likeness (QED) is 0.811. The molecule has 2 aromatic rings. The molecule has 2 aliphatic heterocycles. The van der Waals surface area contributed by atoms with Crippen molar-refractivity contribution in [3.05, 3.63) is 65.7 Å². The van der Waals surface area contributed by atoms with E-state index in [4.69, 9.17) is 0 Å². The maximum absolute atomic E-state index is 13.1. The van der Waals surface area contributed by atoms with Crippen molar-refractivity contribution in [3.63, 3.8) is 0 Å². The lowest BCUT2D eigenvalue weighted by atomic mass is 10.1. The van der Waals surface area contributed by atoms with Crippen LogP contribution in [0.5, 0.6) is 0 Å². The Morgan fingerprint density at radius 2 is 1.72 bits per heavy atom. The Morgan fingerprint density at radius 1 is 1.00 bits per heavy atom. The lowest BCUT2D eigenvalue weighted by Gasteiger charge is -2.25. The molecule has 5 nitrogen and oxygen atoms in total. The molecule has 1 fully saturated rings. The predicted molar refractivity (Wildman–Crippen MR) is 93.6 cm³/mol. The lowest BCUT2D eigenvalue weighted by molar-refractivity contribution is -0.122. The van der Waals surface area contributed by atoms with Crippen LogP contribution in [0.4, 0.5) is 5.69 Å². The van der Waals surface area contributed by atoms with Crippen LogP contribution >= 0.6 is 0 Å². The number of carbonyl (C=O) groups is 3. The van der Waals surface area contributed by atoms with E-state index in [2.05, 4.69) is 0 Å². The molecule has 1 atom stereocenters. The molecule has 4 rings (SSSR count). The maximum Gasteiger partial charge on any atom is 0.256 e. The monoisotopic (exact) mass is 334 g/mol. The average molecular weight is 334 g/mol. The molecule has 0 spiro atoms. The van der Waals surface area contributed by atoms with Crippen molar-refractivity contribution in [2.24, 2.45) is 0 Å². The molecule has 1 saturated heterocycles. The fourth-order valence-electron chi connectivity index (χ4n) is 3.63. The Labute approximate surface area is 145 Å². The van der Waals surface area contributed by atoms with Crippen LogP contribution in [-0.4, -0.2) is 41.6 Å². The summed E-state index contributed by atoms with van der Waals surface area (Å²) in [5.41, 5.74) is 1.57. The van der Waals surface area contributed by atoms with Gasteiger partial charge in [0.05, 0.1) is 17.8 Å². The normalized spacial score (nSPS) is 19.4. The first-order chi connectivity index (χ1) is 12.2. The van der Waals surface area contributed by atoms with E-state index in [9.17, 15) is 14.4 Å². The summed E-state index contributed by atoms with van der Waals surface area (Å²) in [7, 11) is 0. The minimum atomic E-state index is -0.469. The van der Waals surface area contributed by atoms with Crippen LogP contribution in [0.1, 0.15) is 33.6 Å². The third-order valence-corrected chi connectivity index (χ3v) is 4.89. The van der Waals surface area contributed by atoms with E-state index in [1.165, 1.54) is 4.90 Å². The van der Waals surface area contributed by atoms with Crippen molar-refractivity contribution in [2.75, 3.05) is 18.0 Å². The number of rotatable bonds is 3. The van der Waals surface area contributed by atoms with E-state index >= 15 is 0 Å². The molecule has 2 aromatic carbocycles. The summed E-state index contributed by atoms with van der Waals surface area (Å²) < 4.78 is 0. The number of nitrogens with zero attached hydrogens (tertiary/aromatic N) is 2. The number of hydrogen-bond acceptors (Lipinski definition) is 3. The summed E-state index contributed by atoms with van der Waals surface area (Å²) in [6.07, 6.45) is 1.46. The highest BCUT2D eigenvalue weighted by atomic mass is 16.2. The van der Waals surface area contributed by atoms with E-state index in [1.54, 1.807) is 53.4 Å². The van der Waals surface area contributed by atoms with Crippen molar-refractivity contribution in [2.45, 2.75) is 18.9 Å². The van der Waals surface area contributed by atoms with Crippen molar-refractivity contribution in [3.8, 4) is 0 Å². The molecule has 2 amide bonds. The molecule has 126 valence electrons. The molecule has 0 N–H and O–H groups in total. The van der Waals surface area contributed by atoms with E-state index in [0.29, 0.717) is 29.8 Å². The van der Waals surface area contributed by atoms with E-state index in [0.717, 1.165) is 6.42 Å². The Morgan fingerprint density at radius 3 is 2.52 bits per heavy atom. The highest BCUT2D eigenvalue weighted by molar-refractivity contribution is 6.14. The van der Waals surface area contributed by atoms with Gasteiger partial charge in [-0.2, -0.15) is 0 Å². The summed E-state index contributed by atoms with van der Waals surface area (Å²) in [6.45, 7) is 0.529. The van der Waals surface area contributed by atoms with Gasteiger partial charge in [-0.05, 0) is 25.0 Å². The molecule has 0 radical (unpaired) electrons. The summed E-state index contributed by atoms with van der Waals surface area (Å²) in [5, 5.41) is 0. The van der Waals surface area contributed by atoms with Gasteiger partial charge in [0.1, 0.15) is 6.04 Å². The first-order valence-electron chi connectivity index (χ1n) is 8.46. The Bertz CT molecular complexity index is 847. The second-order valence-electron chi connectivity index (χ2n) is 6.39. The minimum Gasteiger partial charge on any atom is -0.327 e. The first kappa shape index (κ1) is 15.6. The van der Waals surface area contributed by atoms with Crippen molar-refractivity contribution < 1.29 is 14.4 Å². The topological polar surface area (TPSA) is 57.7 Å². The van der Waals surface area contributed by atoms with E-state index in [1.807, 2.05) is 6.07 Å². The van der Waals surface area contributed by atoms with Gasteiger partial charge in [-0.3, -0.25) is 14.4 Å². The van der Waals surface area contributed by atoms with Crippen LogP contribution in [0.3, 0.4) is 0 Å². The van der Waals surface area contributed by atoms with Crippen LogP contribution in [-0.2, 0) is 4.79 Å². The third kappa shape index (κ3) is 2.61. The van der Waals surface area contributed by atoms with Crippen LogP contribution in [0.15, 0.2) is 54.6 Å². The fraction of sp³-hybridized carbons (Fsp3) is 0.250. The van der Waals surface area contributed by atoms with Gasteiger partial charge in [-0.15, -0.1) is 0 Å². The van der Waals surface area contributed by atoms with E-state index in [-0.39, 0.29) is 24.1 Å². The number of para-hydroxylation sites is 1. The van der Waals surface area contributed by atoms with Crippen molar-refractivity contribution in [1.82, 2.24) is 4.90 Å². The van der Waals surface area contributed by atoms with Crippen molar-refractivity contribution >= 4 is 23.3 Å². The number of benzene rings is 2. The summed E-state index contributed by atoms with van der Waals surface area (Å²) >= 11 is 0. The lowest BCUT2D eigenvalue weighted by Crippen LogP contribution is -2.46. The fourth-order valence-corrected chi connectivity index (χ4v) is 3.63. The molecular weight excluding hydrogens is 316 g/mol. The largest absolute Gasteiger partial charge is 0.327 e. The SMILES string of the molecule is O=C(CN1C(=O)[C@H]2CCCN2C(=O)c2ccccc21)c1ccccc1. The zero-order valence-electron chi connectivity index (χ0n) is 13.7. The highest BCUT2D eigenvalue weighted by Gasteiger charge is 2.42. The molecule has 5 heteroatoms. The predicted octanol–water partition coefficient (Wildman–Crippen LogP) is 2.52. The van der Waals surface area contributed by atoms with Crippen LogP contribution in [0.2, 0.25) is 0 Å². The van der Waals surface area contributed by atoms with E-state index < -0.39 is 6.04 Å². The number of ketones is 1. The molecule has 25 heavy (non-hydrogen) atoms. The number of hydrogen-bond donors (Lipinski definition) is 0. The van der Waals surface area contributed by atoms with Crippen molar-refractivity contribution in [1.29, 1.82) is 0 Å². The van der Waals surface area contributed by atoms with Gasteiger partial charge in [0.25, 0.3) is 5.91 Å². The smallest absolute Gasteiger partial charge is 0.256 e. The average Bonchev–Trinajstić information content (AvgIpc) is 3.13. The maximum atomic E-state index is 13.1. The molecular formula is C20H18N2O3. The number of anilines is 1. The van der Waals surface area contributed by atoms with Crippen LogP contribution in [0.25, 0.3) is 0 Å². The second-order valence-corrected chi connectivity index (χ2v) is 6.39. The van der Waals surface area contributed by atoms with Gasteiger partial charge in [-0.1, -0.05) is 42.5 Å². The summed E-state index contributed by atoms with van der Waals surface area (Å²) in [4.78, 5) is 41.7. The van der Waals surface area contributed by atoms with Gasteiger partial charge in [-0.25, -0.2) is 0 Å². The molecule has 2 heterocycles. The Kier molecular flexibility index (Phi) is 3.84. The molecule has 0 saturated carbocycles. The Balaban J connectivity index is 1.74. The molecule has 0 unspecified atom stereocenters. The Hall–Kier alpha value is -2.95. The molecule has 2 aliphatic rings. The summed E-state index contributed by atoms with van der Waals surface area (Å²) in [6, 6.07) is 15.5. The first-order valence-corrected chi connectivity index (χ1v) is 8.46. The van der Waals surface area contributed by atoms with Gasteiger partial charge in [0.2, 0.25) is 5.91 Å². The summed E-state index contributed by atoms with van der Waals surface area (Å²) in [5.74, 6) is -0.427. The number of fused-ring (bicyclic) bond motifs is 2. The molecule has 0 aliphatic carbocycles. The molecule has 0 bridgehead atoms. The van der Waals surface area contributed by atoms with Crippen LogP contribution < -0.4 is 4.90 Å². The third-order valence-electron chi connectivity index (χ3n) is 4.89. The highest BCUT2D eigenvalue weighted by Crippen LogP contribution is 2.32. The zero-order chi connectivity index (χ0) is 17.4.